The summed E-state index contributed by atoms with van der Waals surface area (Å²) < 4.78 is 10.7. The Morgan fingerprint density at radius 3 is 2.34 bits per heavy atom. The third-order valence-corrected chi connectivity index (χ3v) is 7.41. The second kappa shape index (κ2) is 10.6. The molecule has 0 spiro atoms. The highest BCUT2D eigenvalue weighted by Gasteiger charge is 2.43. The maximum absolute atomic E-state index is 13.5. The highest BCUT2D eigenvalue weighted by molar-refractivity contribution is 6.00. The van der Waals surface area contributed by atoms with Crippen LogP contribution >= 0.6 is 0 Å². The van der Waals surface area contributed by atoms with E-state index in [4.69, 9.17) is 9.47 Å². The molecule has 0 radical (unpaired) electrons. The Morgan fingerprint density at radius 1 is 1.09 bits per heavy atom. The van der Waals surface area contributed by atoms with E-state index in [1.165, 1.54) is 19.3 Å². The van der Waals surface area contributed by atoms with Crippen molar-refractivity contribution in [3.8, 4) is 11.5 Å². The van der Waals surface area contributed by atoms with Crippen LogP contribution in [0.15, 0.2) is 18.2 Å². The van der Waals surface area contributed by atoms with Crippen LogP contribution < -0.4 is 14.8 Å². The molecule has 1 aromatic carbocycles. The number of anilines is 1. The van der Waals surface area contributed by atoms with E-state index >= 15 is 0 Å². The minimum atomic E-state index is -0.945. The Balaban J connectivity index is 1.81. The molecule has 2 heterocycles. The Labute approximate surface area is 192 Å². The van der Waals surface area contributed by atoms with Crippen molar-refractivity contribution in [1.82, 2.24) is 9.80 Å². The van der Waals surface area contributed by atoms with Gasteiger partial charge in [-0.1, -0.05) is 13.3 Å². The first-order chi connectivity index (χ1) is 15.3. The molecule has 2 amide bonds. The smallest absolute Gasteiger partial charge is 0.250 e. The highest BCUT2D eigenvalue weighted by atomic mass is 16.5. The predicted octanol–water partition coefficient (Wildman–Crippen LogP) is 3.92. The van der Waals surface area contributed by atoms with Crippen LogP contribution in [0.3, 0.4) is 0 Å². The van der Waals surface area contributed by atoms with Gasteiger partial charge in [-0.15, -0.1) is 0 Å². The number of methoxy groups -OCH3 is 2. The number of hydrogen-bond donors (Lipinski definition) is 1. The zero-order valence-electron chi connectivity index (χ0n) is 20.3. The minimum absolute atomic E-state index is 0.0549. The number of carbonyl (C=O) groups excluding carboxylic acids is 2. The van der Waals surface area contributed by atoms with Gasteiger partial charge in [-0.3, -0.25) is 9.59 Å². The molecule has 0 bridgehead atoms. The van der Waals surface area contributed by atoms with Crippen molar-refractivity contribution >= 4 is 17.5 Å². The van der Waals surface area contributed by atoms with Gasteiger partial charge in [0.25, 0.3) is 0 Å². The van der Waals surface area contributed by atoms with E-state index in [-0.39, 0.29) is 11.8 Å². The summed E-state index contributed by atoms with van der Waals surface area (Å²) in [5.41, 5.74) is -0.357. The van der Waals surface area contributed by atoms with Gasteiger partial charge in [-0.2, -0.15) is 0 Å². The number of benzene rings is 1. The van der Waals surface area contributed by atoms with Crippen LogP contribution in [0.25, 0.3) is 0 Å². The van der Waals surface area contributed by atoms with Gasteiger partial charge in [0.05, 0.1) is 14.2 Å². The van der Waals surface area contributed by atoms with E-state index in [2.05, 4.69) is 10.2 Å². The predicted molar refractivity (Wildman–Crippen MR) is 126 cm³/mol. The van der Waals surface area contributed by atoms with E-state index in [0.717, 1.165) is 25.9 Å². The Bertz CT molecular complexity index is 790. The lowest BCUT2D eigenvalue weighted by Crippen LogP contribution is -2.60. The van der Waals surface area contributed by atoms with Gasteiger partial charge in [0, 0.05) is 43.4 Å². The molecule has 2 aliphatic rings. The molecule has 178 valence electrons. The zero-order valence-corrected chi connectivity index (χ0v) is 20.3. The van der Waals surface area contributed by atoms with Crippen LogP contribution in [0.1, 0.15) is 59.3 Å². The fourth-order valence-corrected chi connectivity index (χ4v) is 5.32. The van der Waals surface area contributed by atoms with Crippen molar-refractivity contribution < 1.29 is 19.1 Å². The largest absolute Gasteiger partial charge is 0.497 e. The molecule has 0 unspecified atom stereocenters. The second-order valence-corrected chi connectivity index (χ2v) is 9.31. The summed E-state index contributed by atoms with van der Waals surface area (Å²) in [6, 6.07) is 5.80. The summed E-state index contributed by atoms with van der Waals surface area (Å²) >= 11 is 0. The van der Waals surface area contributed by atoms with Gasteiger partial charge in [0.1, 0.15) is 17.0 Å². The fraction of sp³-hybridized carbons (Fsp3) is 0.680. The number of rotatable bonds is 8. The standard InChI is InChI=1S/C25H39N3O4/c1-6-25(3,24(30)26-20-14-21(31-4)16-22(15-20)32-5)28(18(2)29)17-19-10-9-13-27-12-8-7-11-23(19)27/h14-16,19,23H,6-13,17H2,1-5H3,(H,26,30)/t19-,23+,25+/m0/s1. The molecule has 32 heavy (non-hydrogen) atoms. The van der Waals surface area contributed by atoms with Crippen molar-refractivity contribution in [2.24, 2.45) is 5.92 Å². The molecule has 3 rings (SSSR count). The van der Waals surface area contributed by atoms with Crippen LogP contribution in [-0.2, 0) is 9.59 Å². The lowest BCUT2D eigenvalue weighted by molar-refractivity contribution is -0.145. The number of carbonyl (C=O) groups is 2. The minimum Gasteiger partial charge on any atom is -0.497 e. The van der Waals surface area contributed by atoms with E-state index in [9.17, 15) is 9.59 Å². The number of piperidine rings is 2. The maximum Gasteiger partial charge on any atom is 0.250 e. The third kappa shape index (κ3) is 5.20. The van der Waals surface area contributed by atoms with Gasteiger partial charge in [0.15, 0.2) is 0 Å². The third-order valence-electron chi connectivity index (χ3n) is 7.41. The van der Waals surface area contributed by atoms with Gasteiger partial charge in [0.2, 0.25) is 11.8 Å². The summed E-state index contributed by atoms with van der Waals surface area (Å²) in [5.74, 6) is 1.35. The van der Waals surface area contributed by atoms with Crippen LogP contribution in [0.2, 0.25) is 0 Å². The molecule has 0 aliphatic carbocycles. The Hall–Kier alpha value is -2.28. The Morgan fingerprint density at radius 2 is 1.75 bits per heavy atom. The lowest BCUT2D eigenvalue weighted by Gasteiger charge is -2.48. The van der Waals surface area contributed by atoms with Crippen molar-refractivity contribution in [2.45, 2.75) is 70.9 Å². The zero-order chi connectivity index (χ0) is 23.3. The van der Waals surface area contributed by atoms with Crippen molar-refractivity contribution in [2.75, 3.05) is 39.2 Å². The highest BCUT2D eigenvalue weighted by Crippen LogP contribution is 2.34. The van der Waals surface area contributed by atoms with Gasteiger partial charge >= 0.3 is 0 Å². The van der Waals surface area contributed by atoms with Crippen molar-refractivity contribution in [3.63, 3.8) is 0 Å². The van der Waals surface area contributed by atoms with Crippen LogP contribution in [0.5, 0.6) is 11.5 Å². The summed E-state index contributed by atoms with van der Waals surface area (Å²) in [6.45, 7) is 8.36. The lowest BCUT2D eigenvalue weighted by atomic mass is 9.82. The maximum atomic E-state index is 13.5. The summed E-state index contributed by atoms with van der Waals surface area (Å²) in [7, 11) is 3.15. The Kier molecular flexibility index (Phi) is 8.04. The first-order valence-electron chi connectivity index (χ1n) is 11.9. The number of hydrogen-bond acceptors (Lipinski definition) is 5. The molecule has 2 fully saturated rings. The van der Waals surface area contributed by atoms with Crippen LogP contribution in [0, 0.1) is 5.92 Å². The van der Waals surface area contributed by atoms with E-state index in [0.29, 0.717) is 42.1 Å². The summed E-state index contributed by atoms with van der Waals surface area (Å²) in [4.78, 5) is 30.8. The molecule has 1 N–H and O–H groups in total. The van der Waals surface area contributed by atoms with Gasteiger partial charge in [-0.05, 0) is 58.0 Å². The number of nitrogens with one attached hydrogen (secondary N) is 1. The number of nitrogens with zero attached hydrogens (tertiary/aromatic N) is 2. The normalized spacial score (nSPS) is 22.9. The monoisotopic (exact) mass is 445 g/mol. The average Bonchev–Trinajstić information content (AvgIpc) is 2.81. The quantitative estimate of drug-likeness (QED) is 0.657. The van der Waals surface area contributed by atoms with Crippen molar-refractivity contribution in [3.05, 3.63) is 18.2 Å². The fourth-order valence-electron chi connectivity index (χ4n) is 5.32. The first kappa shape index (κ1) is 24.4. The van der Waals surface area contributed by atoms with E-state index in [1.807, 2.05) is 18.7 Å². The van der Waals surface area contributed by atoms with E-state index in [1.54, 1.807) is 39.3 Å². The first-order valence-corrected chi connectivity index (χ1v) is 11.9. The average molecular weight is 446 g/mol. The second-order valence-electron chi connectivity index (χ2n) is 9.31. The van der Waals surface area contributed by atoms with Gasteiger partial charge < -0.3 is 24.6 Å². The molecule has 0 aromatic heterocycles. The van der Waals surface area contributed by atoms with Crippen LogP contribution in [-0.4, -0.2) is 67.0 Å². The van der Waals surface area contributed by atoms with Crippen LogP contribution in [0.4, 0.5) is 5.69 Å². The SMILES string of the molecule is CC[C@](C)(C(=O)Nc1cc(OC)cc(OC)c1)N(C[C@@H]1CCCN2CCCC[C@H]12)C(C)=O. The molecule has 7 heteroatoms. The molecule has 0 saturated carbocycles. The molecule has 1 aromatic rings. The molecule has 7 nitrogen and oxygen atoms in total. The molecular formula is C25H39N3O4. The molecule has 2 saturated heterocycles. The molecule has 3 atom stereocenters. The summed E-state index contributed by atoms with van der Waals surface area (Å²) in [6.07, 6.45) is 6.50. The van der Waals surface area contributed by atoms with E-state index < -0.39 is 5.54 Å². The van der Waals surface area contributed by atoms with Crippen molar-refractivity contribution in [1.29, 1.82) is 0 Å². The topological polar surface area (TPSA) is 71.1 Å². The summed E-state index contributed by atoms with van der Waals surface area (Å²) in [5, 5.41) is 3.01. The number of ether oxygens (including phenoxy) is 2. The molecular weight excluding hydrogens is 406 g/mol. The van der Waals surface area contributed by atoms with Gasteiger partial charge in [-0.25, -0.2) is 0 Å². The number of amides is 2. The number of fused-ring (bicyclic) bond motifs is 1. The molecule has 2 aliphatic heterocycles.